The molecule has 2 aromatic heterocycles. The Morgan fingerprint density at radius 2 is 2.10 bits per heavy atom. The van der Waals surface area contributed by atoms with Crippen molar-refractivity contribution >= 4 is 23.1 Å². The molecule has 6 heteroatoms. The molecule has 5 nitrogen and oxygen atoms in total. The van der Waals surface area contributed by atoms with Crippen molar-refractivity contribution < 1.29 is 9.90 Å². The molecule has 1 N–H and O–H groups in total. The highest BCUT2D eigenvalue weighted by molar-refractivity contribution is 7.09. The largest absolute Gasteiger partial charge is 0.478 e. The Kier molecular flexibility index (Phi) is 4.57. The second-order valence-corrected chi connectivity index (χ2v) is 6.25. The van der Waals surface area contributed by atoms with Crippen LogP contribution < -0.4 is 4.90 Å². The van der Waals surface area contributed by atoms with Crippen LogP contribution in [0.1, 0.15) is 40.3 Å². The zero-order valence-electron chi connectivity index (χ0n) is 12.6. The monoisotopic (exact) mass is 305 g/mol. The first kappa shape index (κ1) is 15.4. The molecule has 0 saturated carbocycles. The molecule has 21 heavy (non-hydrogen) atoms. The number of carboxylic acid groups (broad SMARTS) is 1. The number of aryl methyl sites for hydroxylation is 1. The molecular weight excluding hydrogens is 286 g/mol. The molecule has 2 heterocycles. The molecule has 2 aromatic rings. The van der Waals surface area contributed by atoms with Crippen LogP contribution in [0.15, 0.2) is 17.5 Å². The molecule has 112 valence electrons. The summed E-state index contributed by atoms with van der Waals surface area (Å²) in [6.07, 6.45) is 0. The number of aromatic nitrogens is 2. The number of hydrogen-bond donors (Lipinski definition) is 1. The molecule has 0 amide bonds. The summed E-state index contributed by atoms with van der Waals surface area (Å²) in [5.41, 5.74) is 1.56. The summed E-state index contributed by atoms with van der Waals surface area (Å²) in [5.74, 6) is -0.522. The zero-order chi connectivity index (χ0) is 15.6. The maximum atomic E-state index is 11.6. The van der Waals surface area contributed by atoms with Crippen LogP contribution in [-0.2, 0) is 6.54 Å². The van der Waals surface area contributed by atoms with Crippen LogP contribution in [0, 0.1) is 13.8 Å². The molecule has 0 aliphatic heterocycles. The maximum absolute atomic E-state index is 11.6. The van der Waals surface area contributed by atoms with Gasteiger partial charge in [-0.1, -0.05) is 6.07 Å². The predicted molar refractivity (Wildman–Crippen MR) is 84.1 cm³/mol. The van der Waals surface area contributed by atoms with Crippen molar-refractivity contribution in [3.05, 3.63) is 39.2 Å². The first-order valence-electron chi connectivity index (χ1n) is 6.78. The van der Waals surface area contributed by atoms with E-state index in [1.807, 2.05) is 36.3 Å². The van der Waals surface area contributed by atoms with E-state index >= 15 is 0 Å². The highest BCUT2D eigenvalue weighted by Gasteiger charge is 2.24. The smallest absolute Gasteiger partial charge is 0.339 e. The van der Waals surface area contributed by atoms with Crippen molar-refractivity contribution in [2.75, 3.05) is 4.90 Å². The van der Waals surface area contributed by atoms with Gasteiger partial charge in [-0.15, -0.1) is 16.4 Å². The van der Waals surface area contributed by atoms with Gasteiger partial charge < -0.3 is 10.0 Å². The molecule has 0 bridgehead atoms. The third kappa shape index (κ3) is 3.21. The van der Waals surface area contributed by atoms with Crippen LogP contribution in [-0.4, -0.2) is 27.3 Å². The first-order valence-corrected chi connectivity index (χ1v) is 7.66. The molecule has 0 spiro atoms. The Morgan fingerprint density at radius 1 is 1.38 bits per heavy atom. The number of carboxylic acids is 1. The number of aromatic carboxylic acids is 1. The molecular formula is C15H19N3O2S. The van der Waals surface area contributed by atoms with E-state index in [4.69, 9.17) is 0 Å². The molecule has 0 unspecified atom stereocenters. The second-order valence-electron chi connectivity index (χ2n) is 5.22. The summed E-state index contributed by atoms with van der Waals surface area (Å²) in [4.78, 5) is 14.8. The molecule has 0 atom stereocenters. The van der Waals surface area contributed by atoms with Crippen LogP contribution in [0.2, 0.25) is 0 Å². The fourth-order valence-electron chi connectivity index (χ4n) is 2.13. The van der Waals surface area contributed by atoms with Crippen LogP contribution >= 0.6 is 11.3 Å². The maximum Gasteiger partial charge on any atom is 0.339 e. The van der Waals surface area contributed by atoms with E-state index in [1.165, 1.54) is 4.88 Å². The number of hydrogen-bond acceptors (Lipinski definition) is 5. The van der Waals surface area contributed by atoms with Gasteiger partial charge >= 0.3 is 5.97 Å². The zero-order valence-corrected chi connectivity index (χ0v) is 13.4. The molecule has 2 rings (SSSR count). The Bertz CT molecular complexity index is 639. The third-order valence-electron chi connectivity index (χ3n) is 3.45. The van der Waals surface area contributed by atoms with E-state index in [-0.39, 0.29) is 11.6 Å². The lowest BCUT2D eigenvalue weighted by molar-refractivity contribution is 0.0696. The number of rotatable bonds is 5. The Morgan fingerprint density at radius 3 is 2.62 bits per heavy atom. The van der Waals surface area contributed by atoms with E-state index in [0.717, 1.165) is 0 Å². The van der Waals surface area contributed by atoms with E-state index < -0.39 is 5.97 Å². The van der Waals surface area contributed by atoms with Crippen LogP contribution in [0.4, 0.5) is 5.82 Å². The number of anilines is 1. The average molecular weight is 305 g/mol. The molecule has 0 fully saturated rings. The molecule has 0 radical (unpaired) electrons. The normalized spacial score (nSPS) is 10.9. The van der Waals surface area contributed by atoms with E-state index in [2.05, 4.69) is 10.2 Å². The number of thiophene rings is 1. The van der Waals surface area contributed by atoms with Crippen molar-refractivity contribution in [2.24, 2.45) is 0 Å². The standard InChI is InChI=1S/C15H19N3O2S/c1-9(2)18(8-12-6-5-7-21-12)14-13(15(19)20)10(3)11(4)16-17-14/h5-7,9H,8H2,1-4H3,(H,19,20). The van der Waals surface area contributed by atoms with Gasteiger partial charge in [-0.05, 0) is 44.7 Å². The number of carbonyl (C=O) groups is 1. The minimum Gasteiger partial charge on any atom is -0.478 e. The highest BCUT2D eigenvalue weighted by atomic mass is 32.1. The summed E-state index contributed by atoms with van der Waals surface area (Å²) in [6.45, 7) is 8.23. The van der Waals surface area contributed by atoms with Crippen LogP contribution in [0.25, 0.3) is 0 Å². The van der Waals surface area contributed by atoms with Crippen LogP contribution in [0.3, 0.4) is 0 Å². The van der Waals surface area contributed by atoms with Gasteiger partial charge in [-0.2, -0.15) is 5.10 Å². The summed E-state index contributed by atoms with van der Waals surface area (Å²) < 4.78 is 0. The lowest BCUT2D eigenvalue weighted by Crippen LogP contribution is -2.33. The van der Waals surface area contributed by atoms with E-state index in [0.29, 0.717) is 23.6 Å². The summed E-state index contributed by atoms with van der Waals surface area (Å²) in [7, 11) is 0. The highest BCUT2D eigenvalue weighted by Crippen LogP contribution is 2.26. The lowest BCUT2D eigenvalue weighted by Gasteiger charge is -2.28. The third-order valence-corrected chi connectivity index (χ3v) is 4.31. The SMILES string of the molecule is Cc1nnc(N(Cc2cccs2)C(C)C)c(C(=O)O)c1C. The molecule has 0 aliphatic rings. The van der Waals surface area contributed by atoms with Crippen molar-refractivity contribution in [1.82, 2.24) is 10.2 Å². The second kappa shape index (κ2) is 6.22. The van der Waals surface area contributed by atoms with Gasteiger partial charge in [0.15, 0.2) is 5.82 Å². The van der Waals surface area contributed by atoms with Gasteiger partial charge in [-0.25, -0.2) is 4.79 Å². The van der Waals surface area contributed by atoms with Crippen molar-refractivity contribution in [1.29, 1.82) is 0 Å². The fraction of sp³-hybridized carbons (Fsp3) is 0.400. The average Bonchev–Trinajstić information content (AvgIpc) is 2.91. The lowest BCUT2D eigenvalue weighted by atomic mass is 10.1. The van der Waals surface area contributed by atoms with Gasteiger partial charge in [0.05, 0.1) is 12.2 Å². The first-order chi connectivity index (χ1) is 9.91. The van der Waals surface area contributed by atoms with Gasteiger partial charge in [0.2, 0.25) is 0 Å². The van der Waals surface area contributed by atoms with Gasteiger partial charge in [0.25, 0.3) is 0 Å². The Balaban J connectivity index is 2.50. The van der Waals surface area contributed by atoms with E-state index in [1.54, 1.807) is 25.2 Å². The quantitative estimate of drug-likeness (QED) is 0.918. The molecule has 0 aromatic carbocycles. The summed E-state index contributed by atoms with van der Waals surface area (Å²) in [6, 6.07) is 4.15. The molecule has 0 aliphatic carbocycles. The number of nitrogens with zero attached hydrogens (tertiary/aromatic N) is 3. The minimum absolute atomic E-state index is 0.126. The van der Waals surface area contributed by atoms with Crippen LogP contribution in [0.5, 0.6) is 0 Å². The summed E-state index contributed by atoms with van der Waals surface area (Å²) in [5, 5.41) is 19.8. The fourth-order valence-corrected chi connectivity index (χ4v) is 2.83. The minimum atomic E-state index is -0.961. The Hall–Kier alpha value is -1.95. The van der Waals surface area contributed by atoms with Crippen molar-refractivity contribution in [2.45, 2.75) is 40.3 Å². The van der Waals surface area contributed by atoms with Gasteiger partial charge in [0, 0.05) is 10.9 Å². The Labute approximate surface area is 128 Å². The predicted octanol–water partition coefficient (Wildman–Crippen LogP) is 3.27. The topological polar surface area (TPSA) is 66.3 Å². The van der Waals surface area contributed by atoms with Gasteiger partial charge in [0.1, 0.15) is 5.56 Å². The molecule has 0 saturated heterocycles. The van der Waals surface area contributed by atoms with Crippen molar-refractivity contribution in [3.8, 4) is 0 Å². The van der Waals surface area contributed by atoms with E-state index in [9.17, 15) is 9.90 Å². The van der Waals surface area contributed by atoms with Crippen molar-refractivity contribution in [3.63, 3.8) is 0 Å². The van der Waals surface area contributed by atoms with Gasteiger partial charge in [-0.3, -0.25) is 0 Å². The summed E-state index contributed by atoms with van der Waals surface area (Å²) >= 11 is 1.65.